The molecule has 0 radical (unpaired) electrons. The molecular weight excluding hydrogens is 188 g/mol. The molecule has 1 aromatic rings. The summed E-state index contributed by atoms with van der Waals surface area (Å²) in [6.07, 6.45) is 7.34. The molecule has 1 aliphatic carbocycles. The van der Waals surface area contributed by atoms with Crippen molar-refractivity contribution in [2.24, 2.45) is 0 Å². The number of allylic oxidation sites excluding steroid dienone is 2. The minimum absolute atomic E-state index is 0.284. The van der Waals surface area contributed by atoms with Gasteiger partial charge in [0, 0.05) is 12.0 Å². The second-order valence-corrected chi connectivity index (χ2v) is 3.29. The third-order valence-electron chi connectivity index (χ3n) is 2.03. The number of rotatable bonds is 1. The van der Waals surface area contributed by atoms with Gasteiger partial charge in [0.1, 0.15) is 6.29 Å². The predicted octanol–water partition coefficient (Wildman–Crippen LogP) is 2.79. The van der Waals surface area contributed by atoms with Crippen molar-refractivity contribution >= 4 is 12.1 Å². The van der Waals surface area contributed by atoms with Crippen molar-refractivity contribution in [1.29, 1.82) is 0 Å². The number of carbonyl (C=O) groups excluding carboxylic acids is 2. The molecule has 0 unspecified atom stereocenters. The van der Waals surface area contributed by atoms with E-state index in [1.54, 1.807) is 18.2 Å². The van der Waals surface area contributed by atoms with Crippen molar-refractivity contribution in [2.75, 3.05) is 0 Å². The Bertz CT molecular complexity index is 339. The van der Waals surface area contributed by atoms with E-state index in [9.17, 15) is 9.59 Å². The Balaban J connectivity index is 0.000000151. The highest BCUT2D eigenvalue weighted by molar-refractivity contribution is 5.90. The van der Waals surface area contributed by atoms with Crippen molar-refractivity contribution in [2.45, 2.75) is 19.3 Å². The van der Waals surface area contributed by atoms with E-state index in [4.69, 9.17) is 0 Å². The summed E-state index contributed by atoms with van der Waals surface area (Å²) in [6, 6.07) is 9.10. The zero-order valence-corrected chi connectivity index (χ0v) is 8.56. The molecule has 2 nitrogen and oxygen atoms in total. The van der Waals surface area contributed by atoms with Crippen LogP contribution in [0.15, 0.2) is 42.5 Å². The maximum absolute atomic E-state index is 10.4. The monoisotopic (exact) mass is 202 g/mol. The Morgan fingerprint density at radius 2 is 1.87 bits per heavy atom. The minimum atomic E-state index is 0.284. The summed E-state index contributed by atoms with van der Waals surface area (Å²) in [4.78, 5) is 20.4. The van der Waals surface area contributed by atoms with Gasteiger partial charge < -0.3 is 0 Å². The van der Waals surface area contributed by atoms with Crippen LogP contribution in [-0.4, -0.2) is 12.1 Å². The lowest BCUT2D eigenvalue weighted by Gasteiger charge is -1.97. The third kappa shape index (κ3) is 4.91. The molecule has 2 heteroatoms. The second-order valence-electron chi connectivity index (χ2n) is 3.29. The van der Waals surface area contributed by atoms with Crippen molar-refractivity contribution < 1.29 is 9.59 Å². The number of aldehydes is 1. The number of hydrogen-bond donors (Lipinski definition) is 0. The molecule has 0 heterocycles. The van der Waals surface area contributed by atoms with Crippen LogP contribution in [0.2, 0.25) is 0 Å². The van der Waals surface area contributed by atoms with E-state index in [1.807, 2.05) is 24.3 Å². The van der Waals surface area contributed by atoms with E-state index in [2.05, 4.69) is 0 Å². The SMILES string of the molecule is O=C1C=CCCC1.O=Cc1ccccc1. The number of hydrogen-bond acceptors (Lipinski definition) is 2. The van der Waals surface area contributed by atoms with E-state index < -0.39 is 0 Å². The molecule has 1 aromatic carbocycles. The Morgan fingerprint density at radius 1 is 1.13 bits per heavy atom. The van der Waals surface area contributed by atoms with Gasteiger partial charge in [-0.2, -0.15) is 0 Å². The molecule has 0 aliphatic heterocycles. The molecule has 0 fully saturated rings. The molecule has 0 bridgehead atoms. The first-order valence-corrected chi connectivity index (χ1v) is 5.02. The molecule has 0 N–H and O–H groups in total. The third-order valence-corrected chi connectivity index (χ3v) is 2.03. The summed E-state index contributed by atoms with van der Waals surface area (Å²) in [7, 11) is 0. The summed E-state index contributed by atoms with van der Waals surface area (Å²) >= 11 is 0. The highest BCUT2D eigenvalue weighted by atomic mass is 16.1. The highest BCUT2D eigenvalue weighted by Gasteiger charge is 1.98. The number of ketones is 1. The Hall–Kier alpha value is -1.70. The van der Waals surface area contributed by atoms with Gasteiger partial charge in [-0.1, -0.05) is 36.4 Å². The van der Waals surface area contributed by atoms with Crippen LogP contribution in [0.4, 0.5) is 0 Å². The molecule has 0 amide bonds. The van der Waals surface area contributed by atoms with E-state index in [0.29, 0.717) is 0 Å². The highest BCUT2D eigenvalue weighted by Crippen LogP contribution is 2.04. The van der Waals surface area contributed by atoms with Gasteiger partial charge >= 0.3 is 0 Å². The summed E-state index contributed by atoms with van der Waals surface area (Å²) in [5, 5.41) is 0. The standard InChI is InChI=1S/C7H6O.C6H8O/c8-6-7-4-2-1-3-5-7;7-6-4-2-1-3-5-6/h1-6H;2,4H,1,3,5H2. The van der Waals surface area contributed by atoms with Crippen LogP contribution in [0.25, 0.3) is 0 Å². The van der Waals surface area contributed by atoms with Gasteiger partial charge in [-0.3, -0.25) is 9.59 Å². The maximum Gasteiger partial charge on any atom is 0.155 e. The van der Waals surface area contributed by atoms with Crippen LogP contribution in [0, 0.1) is 0 Å². The summed E-state index contributed by atoms with van der Waals surface area (Å²) in [6.45, 7) is 0. The quantitative estimate of drug-likeness (QED) is 0.656. The van der Waals surface area contributed by atoms with Crippen molar-refractivity contribution in [1.82, 2.24) is 0 Å². The first-order chi connectivity index (χ1) is 7.33. The zero-order chi connectivity index (χ0) is 10.9. The Kier molecular flexibility index (Phi) is 5.09. The van der Waals surface area contributed by atoms with Crippen molar-refractivity contribution in [3.05, 3.63) is 48.0 Å². The lowest BCUT2D eigenvalue weighted by Crippen LogP contribution is -1.95. The molecule has 0 atom stereocenters. The molecule has 15 heavy (non-hydrogen) atoms. The van der Waals surface area contributed by atoms with Gasteiger partial charge in [0.2, 0.25) is 0 Å². The molecular formula is C13H14O2. The molecule has 78 valence electrons. The van der Waals surface area contributed by atoms with Gasteiger partial charge in [0.05, 0.1) is 0 Å². The van der Waals surface area contributed by atoms with E-state index in [1.165, 1.54) is 0 Å². The fourth-order valence-electron chi connectivity index (χ4n) is 1.22. The van der Waals surface area contributed by atoms with E-state index in [-0.39, 0.29) is 5.78 Å². The van der Waals surface area contributed by atoms with Gasteiger partial charge in [0.15, 0.2) is 5.78 Å². The van der Waals surface area contributed by atoms with Crippen LogP contribution in [0.1, 0.15) is 29.6 Å². The Labute approximate surface area is 89.6 Å². The van der Waals surface area contributed by atoms with Crippen LogP contribution in [-0.2, 0) is 4.79 Å². The molecule has 0 spiro atoms. The van der Waals surface area contributed by atoms with Crippen molar-refractivity contribution in [3.8, 4) is 0 Å². The van der Waals surface area contributed by atoms with Gasteiger partial charge in [-0.25, -0.2) is 0 Å². The maximum atomic E-state index is 10.4. The van der Waals surface area contributed by atoms with Crippen LogP contribution in [0.5, 0.6) is 0 Å². The van der Waals surface area contributed by atoms with Gasteiger partial charge in [0.25, 0.3) is 0 Å². The zero-order valence-electron chi connectivity index (χ0n) is 8.56. The smallest absolute Gasteiger partial charge is 0.155 e. The van der Waals surface area contributed by atoms with Crippen LogP contribution >= 0.6 is 0 Å². The average molecular weight is 202 g/mol. The topological polar surface area (TPSA) is 34.1 Å². The molecule has 0 saturated heterocycles. The second kappa shape index (κ2) is 6.71. The van der Waals surface area contributed by atoms with Crippen LogP contribution < -0.4 is 0 Å². The van der Waals surface area contributed by atoms with E-state index in [0.717, 1.165) is 31.1 Å². The van der Waals surface area contributed by atoms with Crippen LogP contribution in [0.3, 0.4) is 0 Å². The fourth-order valence-corrected chi connectivity index (χ4v) is 1.22. The summed E-state index contributed by atoms with van der Waals surface area (Å²) in [5.41, 5.74) is 0.729. The molecule has 2 rings (SSSR count). The lowest BCUT2D eigenvalue weighted by atomic mass is 10.1. The fraction of sp³-hybridized carbons (Fsp3) is 0.231. The first kappa shape index (κ1) is 11.4. The molecule has 0 saturated carbocycles. The molecule has 1 aliphatic rings. The largest absolute Gasteiger partial charge is 0.298 e. The number of benzene rings is 1. The Morgan fingerprint density at radius 3 is 2.20 bits per heavy atom. The normalized spacial score (nSPS) is 14.0. The summed E-state index contributed by atoms with van der Waals surface area (Å²) < 4.78 is 0. The van der Waals surface area contributed by atoms with Gasteiger partial charge in [-0.05, 0) is 18.9 Å². The van der Waals surface area contributed by atoms with Crippen molar-refractivity contribution in [3.63, 3.8) is 0 Å². The lowest BCUT2D eigenvalue weighted by molar-refractivity contribution is -0.114. The summed E-state index contributed by atoms with van der Waals surface area (Å²) in [5.74, 6) is 0.284. The first-order valence-electron chi connectivity index (χ1n) is 5.02. The van der Waals surface area contributed by atoms with Gasteiger partial charge in [-0.15, -0.1) is 0 Å². The predicted molar refractivity (Wildman–Crippen MR) is 59.8 cm³/mol. The minimum Gasteiger partial charge on any atom is -0.298 e. The molecule has 0 aromatic heterocycles. The number of carbonyl (C=O) groups is 2. The average Bonchev–Trinajstić information content (AvgIpc) is 2.32. The van der Waals surface area contributed by atoms with E-state index >= 15 is 0 Å².